The van der Waals surface area contributed by atoms with E-state index in [1.54, 1.807) is 30.6 Å². The topological polar surface area (TPSA) is 85.1 Å². The van der Waals surface area contributed by atoms with E-state index in [1.807, 2.05) is 13.0 Å². The van der Waals surface area contributed by atoms with Crippen molar-refractivity contribution in [2.24, 2.45) is 0 Å². The molecule has 2 rings (SSSR count). The quantitative estimate of drug-likeness (QED) is 0.675. The molecule has 0 aliphatic rings. The molecule has 1 N–H and O–H groups in total. The number of carbonyl (C=O) groups excluding carboxylic acids is 1. The van der Waals surface area contributed by atoms with Gasteiger partial charge in [-0.1, -0.05) is 18.2 Å². The van der Waals surface area contributed by atoms with E-state index in [1.165, 1.54) is 12.1 Å². The second-order valence-corrected chi connectivity index (χ2v) is 4.68. The maximum absolute atomic E-state index is 12.0. The number of carbonyl (C=O) groups is 1. The highest BCUT2D eigenvalue weighted by Crippen LogP contribution is 2.14. The van der Waals surface area contributed by atoms with Gasteiger partial charge in [-0.05, 0) is 24.1 Å². The van der Waals surface area contributed by atoms with Gasteiger partial charge in [0, 0.05) is 24.5 Å². The number of hydrogen-bond donors (Lipinski definition) is 1. The lowest BCUT2D eigenvalue weighted by atomic mass is 10.1. The second-order valence-electron chi connectivity index (χ2n) is 4.68. The summed E-state index contributed by atoms with van der Waals surface area (Å²) in [6, 6.07) is 9.61. The lowest BCUT2D eigenvalue weighted by Crippen LogP contribution is -2.28. The van der Waals surface area contributed by atoms with Crippen molar-refractivity contribution in [3.8, 4) is 0 Å². The van der Waals surface area contributed by atoms with Crippen molar-refractivity contribution in [3.63, 3.8) is 0 Å². The number of rotatable bonds is 5. The molecule has 6 nitrogen and oxygen atoms in total. The summed E-state index contributed by atoms with van der Waals surface area (Å²) in [6.45, 7) is 1.86. The number of nitrogens with zero attached hydrogens (tertiary/aromatic N) is 2. The molecule has 1 atom stereocenters. The second kappa shape index (κ2) is 6.60. The fourth-order valence-electron chi connectivity index (χ4n) is 1.97. The van der Waals surface area contributed by atoms with Crippen molar-refractivity contribution >= 4 is 11.6 Å². The molecular formula is C15H15N3O3. The molecule has 1 aromatic heterocycles. The van der Waals surface area contributed by atoms with Crippen LogP contribution in [0.15, 0.2) is 48.8 Å². The molecule has 0 saturated carbocycles. The summed E-state index contributed by atoms with van der Waals surface area (Å²) in [6.07, 6.45) is 3.46. The molecule has 0 aliphatic carbocycles. The van der Waals surface area contributed by atoms with Crippen molar-refractivity contribution in [3.05, 3.63) is 70.0 Å². The Kier molecular flexibility index (Phi) is 4.61. The van der Waals surface area contributed by atoms with Gasteiger partial charge in [0.2, 0.25) is 5.91 Å². The fourth-order valence-corrected chi connectivity index (χ4v) is 1.97. The number of hydrogen-bond acceptors (Lipinski definition) is 4. The number of pyridine rings is 1. The van der Waals surface area contributed by atoms with E-state index in [-0.39, 0.29) is 24.1 Å². The Hall–Kier alpha value is -2.76. The molecule has 6 heteroatoms. The van der Waals surface area contributed by atoms with Gasteiger partial charge in [-0.25, -0.2) is 0 Å². The van der Waals surface area contributed by atoms with E-state index >= 15 is 0 Å². The molecule has 0 fully saturated rings. The molecule has 0 bridgehead atoms. The Morgan fingerprint density at radius 2 is 2.19 bits per heavy atom. The van der Waals surface area contributed by atoms with E-state index in [4.69, 9.17) is 0 Å². The maximum atomic E-state index is 12.0. The van der Waals surface area contributed by atoms with Gasteiger partial charge < -0.3 is 5.32 Å². The van der Waals surface area contributed by atoms with Crippen LogP contribution in [0.5, 0.6) is 0 Å². The van der Waals surface area contributed by atoms with Crippen LogP contribution in [0.1, 0.15) is 24.1 Å². The lowest BCUT2D eigenvalue weighted by Gasteiger charge is -2.13. The van der Waals surface area contributed by atoms with Crippen LogP contribution in [0.3, 0.4) is 0 Å². The summed E-state index contributed by atoms with van der Waals surface area (Å²) in [5.41, 5.74) is 1.51. The van der Waals surface area contributed by atoms with Crippen molar-refractivity contribution in [2.45, 2.75) is 19.4 Å². The highest BCUT2D eigenvalue weighted by atomic mass is 16.6. The van der Waals surface area contributed by atoms with Crippen molar-refractivity contribution in [1.82, 2.24) is 10.3 Å². The van der Waals surface area contributed by atoms with Crippen LogP contribution >= 0.6 is 0 Å². The SMILES string of the molecule is C[C@@H](NC(=O)Cc1cccc([N+](=O)[O-])c1)c1cccnc1. The number of benzene rings is 1. The Morgan fingerprint density at radius 3 is 2.86 bits per heavy atom. The fraction of sp³-hybridized carbons (Fsp3) is 0.200. The molecule has 1 amide bonds. The molecule has 0 unspecified atom stereocenters. The summed E-state index contributed by atoms with van der Waals surface area (Å²) in [5.74, 6) is -0.188. The first-order valence-corrected chi connectivity index (χ1v) is 6.49. The zero-order valence-electron chi connectivity index (χ0n) is 11.5. The van der Waals surface area contributed by atoms with Gasteiger partial charge in [0.25, 0.3) is 5.69 Å². The molecule has 0 spiro atoms. The van der Waals surface area contributed by atoms with Crippen molar-refractivity contribution in [2.75, 3.05) is 0 Å². The zero-order valence-corrected chi connectivity index (χ0v) is 11.5. The van der Waals surface area contributed by atoms with E-state index in [2.05, 4.69) is 10.3 Å². The molecule has 0 saturated heterocycles. The molecule has 2 aromatic rings. The van der Waals surface area contributed by atoms with Gasteiger partial charge in [-0.2, -0.15) is 0 Å². The number of nitrogens with one attached hydrogen (secondary N) is 1. The van der Waals surface area contributed by atoms with E-state index in [9.17, 15) is 14.9 Å². The average Bonchev–Trinajstić information content (AvgIpc) is 2.48. The summed E-state index contributed by atoms with van der Waals surface area (Å²) < 4.78 is 0. The van der Waals surface area contributed by atoms with Crippen LogP contribution in [0.25, 0.3) is 0 Å². The highest BCUT2D eigenvalue weighted by Gasteiger charge is 2.12. The average molecular weight is 285 g/mol. The lowest BCUT2D eigenvalue weighted by molar-refractivity contribution is -0.384. The monoisotopic (exact) mass is 285 g/mol. The van der Waals surface area contributed by atoms with Crippen LogP contribution in [-0.2, 0) is 11.2 Å². The van der Waals surface area contributed by atoms with Gasteiger partial charge in [-0.3, -0.25) is 19.9 Å². The van der Waals surface area contributed by atoms with Crippen LogP contribution in [-0.4, -0.2) is 15.8 Å². The summed E-state index contributed by atoms with van der Waals surface area (Å²) in [4.78, 5) is 26.2. The van der Waals surface area contributed by atoms with Crippen LogP contribution in [0.2, 0.25) is 0 Å². The number of amides is 1. The largest absolute Gasteiger partial charge is 0.349 e. The molecule has 21 heavy (non-hydrogen) atoms. The number of non-ortho nitro benzene ring substituents is 1. The summed E-state index contributed by atoms with van der Waals surface area (Å²) >= 11 is 0. The standard InChI is InChI=1S/C15H15N3O3/c1-11(13-5-3-7-16-10-13)17-15(19)9-12-4-2-6-14(8-12)18(20)21/h2-8,10-11H,9H2,1H3,(H,17,19)/t11-/m1/s1. The Balaban J connectivity index is 1.99. The number of aromatic nitrogens is 1. The predicted molar refractivity (Wildman–Crippen MR) is 77.6 cm³/mol. The first kappa shape index (κ1) is 14.6. The Labute approximate surface area is 122 Å². The molecule has 0 aliphatic heterocycles. The van der Waals surface area contributed by atoms with Gasteiger partial charge in [-0.15, -0.1) is 0 Å². The number of nitro benzene ring substituents is 1. The number of nitro groups is 1. The van der Waals surface area contributed by atoms with Crippen LogP contribution < -0.4 is 5.32 Å². The third kappa shape index (κ3) is 4.10. The minimum absolute atomic E-state index is 0.0133. The van der Waals surface area contributed by atoms with E-state index in [0.29, 0.717) is 5.56 Å². The molecular weight excluding hydrogens is 270 g/mol. The first-order chi connectivity index (χ1) is 10.1. The van der Waals surface area contributed by atoms with Crippen molar-refractivity contribution < 1.29 is 9.72 Å². The predicted octanol–water partition coefficient (Wildman–Crippen LogP) is 2.41. The summed E-state index contributed by atoms with van der Waals surface area (Å²) in [5, 5.41) is 13.5. The molecule has 108 valence electrons. The minimum atomic E-state index is -0.473. The normalized spacial score (nSPS) is 11.7. The Morgan fingerprint density at radius 1 is 1.38 bits per heavy atom. The smallest absolute Gasteiger partial charge is 0.269 e. The third-order valence-electron chi connectivity index (χ3n) is 3.05. The van der Waals surface area contributed by atoms with E-state index in [0.717, 1.165) is 5.56 Å². The van der Waals surface area contributed by atoms with Gasteiger partial charge in [0.1, 0.15) is 0 Å². The van der Waals surface area contributed by atoms with Gasteiger partial charge in [0.05, 0.1) is 17.4 Å². The van der Waals surface area contributed by atoms with Crippen LogP contribution in [0, 0.1) is 10.1 Å². The molecule has 1 heterocycles. The summed E-state index contributed by atoms with van der Waals surface area (Å²) in [7, 11) is 0. The van der Waals surface area contributed by atoms with Gasteiger partial charge in [0.15, 0.2) is 0 Å². The third-order valence-corrected chi connectivity index (χ3v) is 3.05. The Bertz CT molecular complexity index is 644. The van der Waals surface area contributed by atoms with Crippen molar-refractivity contribution in [1.29, 1.82) is 0 Å². The highest BCUT2D eigenvalue weighted by molar-refractivity contribution is 5.79. The van der Waals surface area contributed by atoms with Crippen LogP contribution in [0.4, 0.5) is 5.69 Å². The zero-order chi connectivity index (χ0) is 15.2. The van der Waals surface area contributed by atoms with E-state index < -0.39 is 4.92 Å². The maximum Gasteiger partial charge on any atom is 0.269 e. The molecule has 1 aromatic carbocycles. The van der Waals surface area contributed by atoms with Gasteiger partial charge >= 0.3 is 0 Å². The molecule has 0 radical (unpaired) electrons. The minimum Gasteiger partial charge on any atom is -0.349 e. The first-order valence-electron chi connectivity index (χ1n) is 6.49.